The second-order valence-corrected chi connectivity index (χ2v) is 5.62. The number of nitrogens with zero attached hydrogens (tertiary/aromatic N) is 1. The Labute approximate surface area is 175 Å². The van der Waals surface area contributed by atoms with Crippen LogP contribution >= 0.6 is 22.6 Å². The maximum absolute atomic E-state index is 14.3. The van der Waals surface area contributed by atoms with Crippen molar-refractivity contribution < 1.29 is 55.4 Å². The summed E-state index contributed by atoms with van der Waals surface area (Å²) < 4.78 is 50.9. The van der Waals surface area contributed by atoms with E-state index in [-0.39, 0.29) is 60.1 Å². The molecule has 0 aliphatic carbocycles. The van der Waals surface area contributed by atoms with E-state index in [1.54, 1.807) is 22.6 Å². The van der Waals surface area contributed by atoms with Gasteiger partial charge in [-0.2, -0.15) is 12.1 Å². The van der Waals surface area contributed by atoms with Crippen LogP contribution in [0.1, 0.15) is 0 Å². The predicted octanol–water partition coefficient (Wildman–Crippen LogP) is 3.30. The van der Waals surface area contributed by atoms with Crippen LogP contribution in [0.2, 0.25) is 0 Å². The van der Waals surface area contributed by atoms with Gasteiger partial charge in [-0.15, -0.1) is 22.6 Å². The number of hydrogen-bond donors (Lipinski definition) is 0. The summed E-state index contributed by atoms with van der Waals surface area (Å²) in [6.07, 6.45) is -2.77. The zero-order valence-corrected chi connectivity index (χ0v) is 17.6. The van der Waals surface area contributed by atoms with Crippen molar-refractivity contribution in [3.8, 4) is 17.0 Å². The largest absolute Gasteiger partial charge is 0.480 e. The van der Waals surface area contributed by atoms with E-state index in [1.807, 2.05) is 0 Å². The summed E-state index contributed by atoms with van der Waals surface area (Å²) in [6, 6.07) is 8.03. The maximum atomic E-state index is 14.3. The maximum Gasteiger partial charge on any atom is 0.256 e. The Kier molecular flexibility index (Phi) is 8.90. The van der Waals surface area contributed by atoms with E-state index in [4.69, 9.17) is 9.47 Å². The van der Waals surface area contributed by atoms with E-state index in [0.29, 0.717) is 0 Å². The first-order valence-corrected chi connectivity index (χ1v) is 7.53. The molecule has 0 N–H and O–H groups in total. The molecule has 1 heterocycles. The van der Waals surface area contributed by atoms with Crippen LogP contribution in [0.5, 0.6) is 5.75 Å². The van der Waals surface area contributed by atoms with Crippen molar-refractivity contribution in [1.82, 2.24) is 4.57 Å². The number of halogens is 4. The molecule has 0 bridgehead atoms. The van der Waals surface area contributed by atoms with Gasteiger partial charge in [0.25, 0.3) is 6.43 Å². The molecule has 127 valence electrons. The van der Waals surface area contributed by atoms with Crippen molar-refractivity contribution in [2.24, 2.45) is 0 Å². The van der Waals surface area contributed by atoms with Gasteiger partial charge in [0.15, 0.2) is 6.79 Å². The second kappa shape index (κ2) is 9.89. The van der Waals surface area contributed by atoms with E-state index in [1.165, 1.54) is 25.3 Å². The van der Waals surface area contributed by atoms with Gasteiger partial charge in [0.05, 0.1) is 18.1 Å². The number of pyridine rings is 1. The molecular weight excluding hydrogens is 515 g/mol. The standard InChI is InChI=1S/C15H12F3INO3.Y/c1-22-8-23-12-4-2-3-9(16)14(12)11-6-5-10(19)15(21)20(11)7-13(17)18;/h2-5,13H,7-8H2,1H3;/q-1;. The second-order valence-electron chi connectivity index (χ2n) is 4.46. The minimum atomic E-state index is -2.77. The third kappa shape index (κ3) is 5.03. The fraction of sp³-hybridized carbons (Fsp3) is 0.267. The number of aromatic nitrogens is 1. The summed E-state index contributed by atoms with van der Waals surface area (Å²) >= 11 is 1.72. The van der Waals surface area contributed by atoms with Crippen molar-refractivity contribution >= 4 is 22.6 Å². The summed E-state index contributed by atoms with van der Waals surface area (Å²) in [7, 11) is 1.39. The van der Waals surface area contributed by atoms with E-state index in [9.17, 15) is 18.0 Å². The van der Waals surface area contributed by atoms with Gasteiger partial charge in [0, 0.05) is 39.8 Å². The Bertz CT molecular complexity index is 755. The van der Waals surface area contributed by atoms with Crippen LogP contribution in [0.15, 0.2) is 29.1 Å². The number of methoxy groups -OCH3 is 1. The van der Waals surface area contributed by atoms with Crippen molar-refractivity contribution in [3.05, 3.63) is 50.1 Å². The molecular formula is C15H12F3INO3Y-. The third-order valence-corrected chi connectivity index (χ3v) is 3.69. The summed E-state index contributed by atoms with van der Waals surface area (Å²) in [5.41, 5.74) is -0.848. The molecule has 1 radical (unpaired) electrons. The van der Waals surface area contributed by atoms with Crippen LogP contribution in [0.25, 0.3) is 11.3 Å². The molecule has 0 spiro atoms. The van der Waals surface area contributed by atoms with Crippen LogP contribution in [0.3, 0.4) is 0 Å². The van der Waals surface area contributed by atoms with Crippen molar-refractivity contribution in [1.29, 1.82) is 0 Å². The Morgan fingerprint density at radius 2 is 2.08 bits per heavy atom. The van der Waals surface area contributed by atoms with Crippen molar-refractivity contribution in [3.63, 3.8) is 0 Å². The Morgan fingerprint density at radius 1 is 1.38 bits per heavy atom. The van der Waals surface area contributed by atoms with E-state index in [0.717, 1.165) is 10.6 Å². The molecule has 4 nitrogen and oxygen atoms in total. The van der Waals surface area contributed by atoms with Gasteiger partial charge in [-0.25, -0.2) is 13.2 Å². The van der Waals surface area contributed by atoms with E-state index < -0.39 is 24.3 Å². The summed E-state index contributed by atoms with van der Waals surface area (Å²) in [4.78, 5) is 12.1. The van der Waals surface area contributed by atoms with Gasteiger partial charge in [0.1, 0.15) is 0 Å². The molecule has 1 aromatic carbocycles. The van der Waals surface area contributed by atoms with Crippen LogP contribution < -0.4 is 10.3 Å². The summed E-state index contributed by atoms with van der Waals surface area (Å²) in [5, 5.41) is 0. The fourth-order valence-electron chi connectivity index (χ4n) is 2.00. The number of alkyl halides is 2. The average Bonchev–Trinajstić information content (AvgIpc) is 2.50. The summed E-state index contributed by atoms with van der Waals surface area (Å²) in [5.74, 6) is -0.634. The zero-order chi connectivity index (χ0) is 17.0. The molecule has 0 saturated carbocycles. The van der Waals surface area contributed by atoms with Gasteiger partial charge >= 0.3 is 0 Å². The molecule has 9 heteroatoms. The molecule has 2 rings (SSSR count). The van der Waals surface area contributed by atoms with Crippen LogP contribution in [-0.4, -0.2) is 24.9 Å². The van der Waals surface area contributed by atoms with Crippen LogP contribution in [0.4, 0.5) is 13.2 Å². The molecule has 0 unspecified atom stereocenters. The Balaban J connectivity index is 0.00000288. The fourth-order valence-corrected chi connectivity index (χ4v) is 2.44. The number of hydrogen-bond acceptors (Lipinski definition) is 3. The third-order valence-electron chi connectivity index (χ3n) is 2.92. The average molecular weight is 527 g/mol. The van der Waals surface area contributed by atoms with Gasteiger partial charge in [-0.05, 0) is 21.3 Å². The smallest absolute Gasteiger partial charge is 0.256 e. The van der Waals surface area contributed by atoms with Crippen LogP contribution in [0, 0.1) is 15.5 Å². The molecule has 2 aromatic rings. The quantitative estimate of drug-likeness (QED) is 0.329. The molecule has 1 aromatic heterocycles. The topological polar surface area (TPSA) is 40.5 Å². The monoisotopic (exact) mass is 527 g/mol. The first kappa shape index (κ1) is 21.6. The van der Waals surface area contributed by atoms with E-state index >= 15 is 0 Å². The van der Waals surface area contributed by atoms with Crippen molar-refractivity contribution in [2.75, 3.05) is 13.9 Å². The first-order valence-electron chi connectivity index (χ1n) is 6.45. The molecule has 24 heavy (non-hydrogen) atoms. The van der Waals surface area contributed by atoms with E-state index in [2.05, 4.69) is 6.07 Å². The van der Waals surface area contributed by atoms with Gasteiger partial charge < -0.3 is 14.0 Å². The first-order chi connectivity index (χ1) is 11.0. The molecule has 0 saturated heterocycles. The molecule has 0 aliphatic rings. The number of benzene rings is 1. The zero-order valence-electron chi connectivity index (χ0n) is 12.6. The van der Waals surface area contributed by atoms with Crippen molar-refractivity contribution in [2.45, 2.75) is 13.0 Å². The Hall–Kier alpha value is -0.446. The summed E-state index contributed by atoms with van der Waals surface area (Å²) in [6.45, 7) is -1.01. The molecule has 0 fully saturated rings. The molecule has 0 amide bonds. The van der Waals surface area contributed by atoms with Crippen LogP contribution in [-0.2, 0) is 44.0 Å². The van der Waals surface area contributed by atoms with Gasteiger partial charge in [-0.1, -0.05) is 11.8 Å². The van der Waals surface area contributed by atoms with Gasteiger partial charge in [-0.3, -0.25) is 4.79 Å². The normalized spacial score (nSPS) is 10.6. The van der Waals surface area contributed by atoms with Gasteiger partial charge in [0.2, 0.25) is 5.56 Å². The SMILES string of the molecule is COCOc1cccc(F)c1-c1[c-]cc(I)c(=O)n1CC(F)F.[Y]. The number of ether oxygens (including phenoxy) is 2. The Morgan fingerprint density at radius 3 is 2.71 bits per heavy atom. The predicted molar refractivity (Wildman–Crippen MR) is 86.2 cm³/mol. The molecule has 0 atom stereocenters. The minimum Gasteiger partial charge on any atom is -0.480 e. The molecule has 0 aliphatic heterocycles. The minimum absolute atomic E-state index is 0. The number of rotatable bonds is 6.